The monoisotopic (exact) mass is 635 g/mol. The predicted octanol–water partition coefficient (Wildman–Crippen LogP) is 4.42. The Bertz CT molecular complexity index is 1150. The quantitative estimate of drug-likeness (QED) is 0.183. The van der Waals surface area contributed by atoms with Crippen molar-refractivity contribution in [1.82, 2.24) is 0 Å². The van der Waals surface area contributed by atoms with Crippen molar-refractivity contribution in [1.29, 1.82) is 0 Å². The Kier molecular flexibility index (Phi) is 13.5. The Morgan fingerprint density at radius 3 is 2.36 bits per heavy atom. The van der Waals surface area contributed by atoms with Gasteiger partial charge in [0.2, 0.25) is 0 Å². The first-order valence-electron chi connectivity index (χ1n) is 12.4. The number of epoxide rings is 1. The summed E-state index contributed by atoms with van der Waals surface area (Å²) >= 11 is 0. The van der Waals surface area contributed by atoms with Crippen molar-refractivity contribution < 1.29 is 58.7 Å². The molecule has 3 aromatic rings. The third kappa shape index (κ3) is 9.64. The van der Waals surface area contributed by atoms with Gasteiger partial charge < -0.3 is 37.0 Å². The molecule has 2 heterocycles. The molecule has 216 valence electrons. The second-order valence-electron chi connectivity index (χ2n) is 9.16. The fourth-order valence-corrected chi connectivity index (χ4v) is 4.28. The van der Waals surface area contributed by atoms with Gasteiger partial charge in [0.25, 0.3) is 0 Å². The van der Waals surface area contributed by atoms with Gasteiger partial charge in [-0.1, -0.05) is 30.3 Å². The predicted molar refractivity (Wildman–Crippen MR) is 140 cm³/mol. The second-order valence-corrected chi connectivity index (χ2v) is 9.16. The number of hydrogen-bond donors (Lipinski definition) is 3. The summed E-state index contributed by atoms with van der Waals surface area (Å²) in [6.07, 6.45) is 1.44. The van der Waals surface area contributed by atoms with Crippen LogP contribution in [-0.2, 0) is 44.6 Å². The van der Waals surface area contributed by atoms with Gasteiger partial charge in [-0.3, -0.25) is 0 Å². The van der Waals surface area contributed by atoms with E-state index in [0.717, 1.165) is 23.1 Å². The van der Waals surface area contributed by atoms with Crippen LogP contribution in [-0.4, -0.2) is 52.9 Å². The fraction of sp³-hybridized carbons (Fsp3) is 0.367. The standard InChI is InChI=1S/C18H19FO3.C11H13FO3.CH3.Pd/c19-15-7-9-16(21-12-13-4-2-1-3-5-13)14(10-15)6-8-17-18(11-20)22-17;12-8-2-4-10-7(5-8)1-3-11(15-10)9(14)6-13;;/h1-5,7,9-10,17-18,20H,6,8,11-12H2;2,4-5,9,11,13-14H,1,3,6H2;1H3;/q;;-1;. The van der Waals surface area contributed by atoms with Crippen molar-refractivity contribution in [3.8, 4) is 11.5 Å². The van der Waals surface area contributed by atoms with Crippen molar-refractivity contribution in [2.45, 2.75) is 56.7 Å². The molecule has 3 N–H and O–H groups in total. The molecule has 0 aromatic heterocycles. The first-order valence-corrected chi connectivity index (χ1v) is 12.4. The average Bonchev–Trinajstić information content (AvgIpc) is 3.70. The summed E-state index contributed by atoms with van der Waals surface area (Å²) in [7, 11) is 0. The van der Waals surface area contributed by atoms with Crippen LogP contribution in [0.2, 0.25) is 0 Å². The van der Waals surface area contributed by atoms with E-state index in [-0.39, 0.29) is 64.9 Å². The van der Waals surface area contributed by atoms with E-state index >= 15 is 0 Å². The maximum Gasteiger partial charge on any atom is 0.127 e. The molecule has 0 spiro atoms. The summed E-state index contributed by atoms with van der Waals surface area (Å²) in [5.41, 5.74) is 2.73. The number of aliphatic hydroxyl groups excluding tert-OH is 3. The zero-order chi connectivity index (χ0) is 26.2. The van der Waals surface area contributed by atoms with Gasteiger partial charge in [-0.05, 0) is 78.8 Å². The van der Waals surface area contributed by atoms with Crippen molar-refractivity contribution in [3.05, 3.63) is 102 Å². The van der Waals surface area contributed by atoms with Crippen molar-refractivity contribution >= 4 is 0 Å². The van der Waals surface area contributed by atoms with Gasteiger partial charge in [-0.15, -0.1) is 0 Å². The minimum absolute atomic E-state index is 0. The number of benzene rings is 3. The topological polar surface area (TPSA) is 91.7 Å². The van der Waals surface area contributed by atoms with Crippen LogP contribution in [0.25, 0.3) is 0 Å². The smallest absolute Gasteiger partial charge is 0.127 e. The minimum Gasteiger partial charge on any atom is -0.489 e. The minimum atomic E-state index is -0.872. The van der Waals surface area contributed by atoms with Crippen LogP contribution >= 0.6 is 0 Å². The first kappa shape index (κ1) is 32.8. The van der Waals surface area contributed by atoms with Crippen LogP contribution in [0, 0.1) is 19.1 Å². The van der Waals surface area contributed by atoms with E-state index in [4.69, 9.17) is 24.4 Å². The molecule has 4 atom stereocenters. The molecule has 2 aliphatic heterocycles. The number of rotatable bonds is 9. The summed E-state index contributed by atoms with van der Waals surface area (Å²) in [6, 6.07) is 18.8. The average molecular weight is 636 g/mol. The molecule has 0 aliphatic carbocycles. The summed E-state index contributed by atoms with van der Waals surface area (Å²) in [5.74, 6) is 0.752. The zero-order valence-electron chi connectivity index (χ0n) is 21.7. The Morgan fingerprint density at radius 1 is 0.949 bits per heavy atom. The maximum atomic E-state index is 13.5. The molecule has 39 heavy (non-hydrogen) atoms. The van der Waals surface area contributed by atoms with E-state index in [9.17, 15) is 13.9 Å². The molecule has 0 saturated carbocycles. The summed E-state index contributed by atoms with van der Waals surface area (Å²) in [6.45, 7) is 0.186. The zero-order valence-corrected chi connectivity index (χ0v) is 23.3. The van der Waals surface area contributed by atoms with E-state index in [1.807, 2.05) is 30.3 Å². The molecular weight excluding hydrogens is 601 g/mol. The van der Waals surface area contributed by atoms with Crippen LogP contribution < -0.4 is 9.47 Å². The molecule has 0 radical (unpaired) electrons. The summed E-state index contributed by atoms with van der Waals surface area (Å²) in [5, 5.41) is 27.2. The van der Waals surface area contributed by atoms with E-state index in [0.29, 0.717) is 37.4 Å². The van der Waals surface area contributed by atoms with Crippen molar-refractivity contribution in [2.75, 3.05) is 13.2 Å². The van der Waals surface area contributed by atoms with Crippen molar-refractivity contribution in [3.63, 3.8) is 0 Å². The van der Waals surface area contributed by atoms with Crippen molar-refractivity contribution in [2.24, 2.45) is 0 Å². The largest absolute Gasteiger partial charge is 0.489 e. The van der Waals surface area contributed by atoms with E-state index < -0.39 is 12.2 Å². The first-order chi connectivity index (χ1) is 18.0. The molecule has 2 aliphatic rings. The van der Waals surface area contributed by atoms with Gasteiger partial charge in [0, 0.05) is 20.4 Å². The Balaban J connectivity index is 0.000000277. The maximum absolute atomic E-state index is 13.5. The van der Waals surface area contributed by atoms with Crippen LogP contribution in [0.1, 0.15) is 29.5 Å². The van der Waals surface area contributed by atoms with Gasteiger partial charge >= 0.3 is 0 Å². The fourth-order valence-electron chi connectivity index (χ4n) is 4.28. The molecule has 0 amide bonds. The van der Waals surface area contributed by atoms with E-state index in [1.165, 1.54) is 24.3 Å². The van der Waals surface area contributed by atoms with Gasteiger partial charge in [0.1, 0.15) is 48.1 Å². The van der Waals surface area contributed by atoms with E-state index in [2.05, 4.69) is 0 Å². The third-order valence-electron chi connectivity index (χ3n) is 6.44. The van der Waals surface area contributed by atoms with Crippen LogP contribution in [0.15, 0.2) is 66.7 Å². The van der Waals surface area contributed by atoms with Gasteiger partial charge in [0.05, 0.1) is 19.3 Å². The Labute approximate surface area is 242 Å². The Hall–Kier alpha value is -2.38. The SMILES string of the molecule is OCC(O)C1CCc2cc(F)ccc2O1.OCC1OC1CCc1cc(F)ccc1OCc1ccccc1.[CH3-].[Pd]. The molecule has 1 saturated heterocycles. The van der Waals surface area contributed by atoms with Crippen LogP contribution in [0.3, 0.4) is 0 Å². The second kappa shape index (κ2) is 16.0. The number of hydrogen-bond acceptors (Lipinski definition) is 6. The molecule has 3 aromatic carbocycles. The molecule has 1 fully saturated rings. The number of fused-ring (bicyclic) bond motifs is 1. The molecule has 6 nitrogen and oxygen atoms in total. The van der Waals surface area contributed by atoms with Crippen LogP contribution in [0.4, 0.5) is 8.78 Å². The molecule has 5 rings (SSSR count). The third-order valence-corrected chi connectivity index (χ3v) is 6.44. The summed E-state index contributed by atoms with van der Waals surface area (Å²) in [4.78, 5) is 0. The van der Waals surface area contributed by atoms with Crippen LogP contribution in [0.5, 0.6) is 11.5 Å². The molecular formula is C30H35F2O6Pd-. The summed E-state index contributed by atoms with van der Waals surface area (Å²) < 4.78 is 42.9. The molecule has 4 unspecified atom stereocenters. The number of aliphatic hydroxyl groups is 3. The number of halogens is 2. The van der Waals surface area contributed by atoms with Gasteiger partial charge in [-0.2, -0.15) is 0 Å². The van der Waals surface area contributed by atoms with Gasteiger partial charge in [0.15, 0.2) is 0 Å². The van der Waals surface area contributed by atoms with E-state index in [1.54, 1.807) is 12.1 Å². The Morgan fingerprint density at radius 2 is 1.67 bits per heavy atom. The molecule has 0 bridgehead atoms. The number of ether oxygens (including phenoxy) is 3. The van der Waals surface area contributed by atoms with Gasteiger partial charge in [-0.25, -0.2) is 8.78 Å². The number of aryl methyl sites for hydroxylation is 2. The normalized spacial score (nSPS) is 19.6. The molecule has 9 heteroatoms.